The Bertz CT molecular complexity index is 1010. The fourth-order valence-electron chi connectivity index (χ4n) is 3.05. The Morgan fingerprint density at radius 1 is 1.24 bits per heavy atom. The van der Waals surface area contributed by atoms with E-state index >= 15 is 0 Å². The molecule has 0 unspecified atom stereocenters. The number of rotatable bonds is 3. The summed E-state index contributed by atoms with van der Waals surface area (Å²) in [7, 11) is 0. The number of aromatic nitrogens is 2. The van der Waals surface area contributed by atoms with E-state index in [1.165, 1.54) is 10.5 Å². The van der Waals surface area contributed by atoms with Crippen LogP contribution in [0.2, 0.25) is 0 Å². The van der Waals surface area contributed by atoms with Gasteiger partial charge in [-0.2, -0.15) is 10.4 Å². The third-order valence-corrected chi connectivity index (χ3v) is 5.38. The summed E-state index contributed by atoms with van der Waals surface area (Å²) in [4.78, 5) is 13.6. The van der Waals surface area contributed by atoms with E-state index in [0.717, 1.165) is 22.5 Å². The van der Waals surface area contributed by atoms with Crippen molar-refractivity contribution in [3.05, 3.63) is 65.4 Å². The van der Waals surface area contributed by atoms with Crippen LogP contribution in [-0.2, 0) is 5.75 Å². The summed E-state index contributed by atoms with van der Waals surface area (Å²) in [5.41, 5.74) is 5.46. The van der Waals surface area contributed by atoms with Crippen molar-refractivity contribution < 1.29 is 4.79 Å². The molecule has 122 valence electrons. The average Bonchev–Trinajstić information content (AvgIpc) is 3.03. The molecule has 1 aliphatic heterocycles. The lowest BCUT2D eigenvalue weighted by molar-refractivity contribution is 0.0992. The lowest BCUT2D eigenvalue weighted by atomic mass is 10.0. The van der Waals surface area contributed by atoms with Gasteiger partial charge in [0.05, 0.1) is 17.5 Å². The van der Waals surface area contributed by atoms with Gasteiger partial charge in [0, 0.05) is 21.8 Å². The van der Waals surface area contributed by atoms with Gasteiger partial charge < -0.3 is 0 Å². The van der Waals surface area contributed by atoms with Crippen LogP contribution in [0.15, 0.2) is 53.4 Å². The van der Waals surface area contributed by atoms with Gasteiger partial charge in [0.2, 0.25) is 0 Å². The number of hydrogen-bond acceptors (Lipinski definition) is 4. The molecular weight excluding hydrogens is 330 g/mol. The number of aryl methyl sites for hydroxylation is 1. The number of thioether (sulfide) groups is 1. The van der Waals surface area contributed by atoms with Crippen molar-refractivity contribution in [3.63, 3.8) is 0 Å². The Morgan fingerprint density at radius 3 is 2.76 bits per heavy atom. The summed E-state index contributed by atoms with van der Waals surface area (Å²) in [6.07, 6.45) is -0.149. The second-order valence-electron chi connectivity index (χ2n) is 5.97. The van der Waals surface area contributed by atoms with Gasteiger partial charge >= 0.3 is 0 Å². The molecular formula is C20H15N3OS. The van der Waals surface area contributed by atoms with Crippen LogP contribution < -0.4 is 0 Å². The fourth-order valence-corrected chi connectivity index (χ4v) is 4.12. The molecule has 0 aliphatic carbocycles. The normalized spacial score (nSPS) is 12.2. The zero-order chi connectivity index (χ0) is 17.4. The maximum Gasteiger partial charge on any atom is 0.197 e. The summed E-state index contributed by atoms with van der Waals surface area (Å²) < 4.78 is 1.85. The predicted octanol–water partition coefficient (Wildman–Crippen LogP) is 4.55. The highest BCUT2D eigenvalue weighted by Gasteiger charge is 2.28. The number of nitrogens with zero attached hydrogens (tertiary/aromatic N) is 3. The number of fused-ring (bicyclic) bond motifs is 3. The topological polar surface area (TPSA) is 58.7 Å². The number of carbonyl (C=O) groups excluding carboxylic acids is 1. The highest BCUT2D eigenvalue weighted by molar-refractivity contribution is 7.98. The SMILES string of the molecule is Cc1ccc(-n2nc(C(=O)CC#N)c3c2-c2ccccc2SC3)cc1. The van der Waals surface area contributed by atoms with E-state index in [2.05, 4.69) is 17.2 Å². The summed E-state index contributed by atoms with van der Waals surface area (Å²) >= 11 is 1.70. The molecule has 0 radical (unpaired) electrons. The Kier molecular flexibility index (Phi) is 3.90. The molecule has 0 fully saturated rings. The van der Waals surface area contributed by atoms with Gasteiger partial charge in [-0.05, 0) is 25.1 Å². The summed E-state index contributed by atoms with van der Waals surface area (Å²) in [6.45, 7) is 2.04. The minimum absolute atomic E-state index is 0.149. The Labute approximate surface area is 150 Å². The molecule has 4 nitrogen and oxygen atoms in total. The molecule has 1 aromatic heterocycles. The molecule has 4 rings (SSSR count). The first-order valence-electron chi connectivity index (χ1n) is 8.00. The van der Waals surface area contributed by atoms with Crippen molar-refractivity contribution in [2.45, 2.75) is 24.0 Å². The van der Waals surface area contributed by atoms with Gasteiger partial charge in [0.15, 0.2) is 5.78 Å². The summed E-state index contributed by atoms with van der Waals surface area (Å²) in [6, 6.07) is 18.2. The van der Waals surface area contributed by atoms with E-state index in [9.17, 15) is 4.79 Å². The highest BCUT2D eigenvalue weighted by atomic mass is 32.2. The van der Waals surface area contributed by atoms with Crippen LogP contribution in [0.25, 0.3) is 16.9 Å². The van der Waals surface area contributed by atoms with E-state index in [0.29, 0.717) is 11.4 Å². The van der Waals surface area contributed by atoms with Gasteiger partial charge in [0.25, 0.3) is 0 Å². The zero-order valence-corrected chi connectivity index (χ0v) is 14.5. The van der Waals surface area contributed by atoms with Crippen LogP contribution in [0.4, 0.5) is 0 Å². The number of carbonyl (C=O) groups is 1. The largest absolute Gasteiger partial charge is 0.291 e. The van der Waals surface area contributed by atoms with Crippen molar-refractivity contribution in [3.8, 4) is 23.0 Å². The number of ketones is 1. The van der Waals surface area contributed by atoms with Crippen LogP contribution in [0.5, 0.6) is 0 Å². The zero-order valence-electron chi connectivity index (χ0n) is 13.7. The van der Waals surface area contributed by atoms with Crippen molar-refractivity contribution >= 4 is 17.5 Å². The van der Waals surface area contributed by atoms with Gasteiger partial charge in [-0.1, -0.05) is 35.9 Å². The van der Waals surface area contributed by atoms with Crippen LogP contribution >= 0.6 is 11.8 Å². The molecule has 3 aromatic rings. The van der Waals surface area contributed by atoms with Crippen LogP contribution in [-0.4, -0.2) is 15.6 Å². The fraction of sp³-hybridized carbons (Fsp3) is 0.150. The van der Waals surface area contributed by atoms with E-state index in [1.54, 1.807) is 11.8 Å². The number of benzene rings is 2. The molecule has 0 atom stereocenters. The van der Waals surface area contributed by atoms with Gasteiger partial charge in [-0.15, -0.1) is 11.8 Å². The molecule has 0 saturated heterocycles. The Balaban J connectivity index is 1.97. The molecule has 0 spiro atoms. The van der Waals surface area contributed by atoms with Crippen LogP contribution in [0, 0.1) is 18.3 Å². The summed E-state index contributed by atoms with van der Waals surface area (Å²) in [5, 5.41) is 13.5. The molecule has 0 saturated carbocycles. The first kappa shape index (κ1) is 15.7. The first-order chi connectivity index (χ1) is 12.2. The van der Waals surface area contributed by atoms with Gasteiger partial charge in [-0.25, -0.2) is 4.68 Å². The van der Waals surface area contributed by atoms with E-state index in [1.807, 2.05) is 54.1 Å². The van der Waals surface area contributed by atoms with E-state index < -0.39 is 0 Å². The molecule has 0 bridgehead atoms. The number of nitriles is 1. The minimum Gasteiger partial charge on any atom is -0.291 e. The lowest BCUT2D eigenvalue weighted by Gasteiger charge is -2.18. The van der Waals surface area contributed by atoms with Crippen molar-refractivity contribution in [1.29, 1.82) is 5.26 Å². The average molecular weight is 345 g/mol. The van der Waals surface area contributed by atoms with Crippen molar-refractivity contribution in [2.24, 2.45) is 0 Å². The molecule has 1 aliphatic rings. The molecule has 0 N–H and O–H groups in total. The summed E-state index contributed by atoms with van der Waals surface area (Å²) in [5.74, 6) is 0.467. The number of hydrogen-bond donors (Lipinski definition) is 0. The van der Waals surface area contributed by atoms with Gasteiger partial charge in [-0.3, -0.25) is 4.79 Å². The van der Waals surface area contributed by atoms with Crippen LogP contribution in [0.1, 0.15) is 28.0 Å². The monoisotopic (exact) mass is 345 g/mol. The van der Waals surface area contributed by atoms with E-state index in [-0.39, 0.29) is 12.2 Å². The molecule has 0 amide bonds. The predicted molar refractivity (Wildman–Crippen MR) is 97.9 cm³/mol. The van der Waals surface area contributed by atoms with Crippen molar-refractivity contribution in [1.82, 2.24) is 9.78 Å². The van der Waals surface area contributed by atoms with Gasteiger partial charge in [0.1, 0.15) is 12.1 Å². The maximum atomic E-state index is 12.4. The molecule has 5 heteroatoms. The quantitative estimate of drug-likeness (QED) is 0.654. The van der Waals surface area contributed by atoms with Crippen LogP contribution in [0.3, 0.4) is 0 Å². The molecule has 2 heterocycles. The Morgan fingerprint density at radius 2 is 2.00 bits per heavy atom. The third kappa shape index (κ3) is 2.65. The lowest BCUT2D eigenvalue weighted by Crippen LogP contribution is -2.03. The smallest absolute Gasteiger partial charge is 0.197 e. The highest BCUT2D eigenvalue weighted by Crippen LogP contribution is 2.43. The van der Waals surface area contributed by atoms with E-state index in [4.69, 9.17) is 5.26 Å². The molecule has 2 aromatic carbocycles. The first-order valence-corrected chi connectivity index (χ1v) is 8.99. The minimum atomic E-state index is -0.218. The second-order valence-corrected chi connectivity index (χ2v) is 6.98. The van der Waals surface area contributed by atoms with Crippen molar-refractivity contribution in [2.75, 3.05) is 0 Å². The maximum absolute atomic E-state index is 12.4. The molecule has 25 heavy (non-hydrogen) atoms. The Hall–Kier alpha value is -2.84. The third-order valence-electron chi connectivity index (χ3n) is 4.28. The standard InChI is InChI=1S/C20H15N3OS/c1-13-6-8-14(9-7-13)23-20-15-4-2-3-5-18(15)25-12-16(20)19(22-23)17(24)10-11-21/h2-9H,10,12H2,1H3. The number of Topliss-reactive ketones (excluding diaryl/α,β-unsaturated/α-hetero) is 1. The second kappa shape index (κ2) is 6.23.